The van der Waals surface area contributed by atoms with Gasteiger partial charge in [-0.2, -0.15) is 0 Å². The molecule has 1 atom stereocenters. The van der Waals surface area contributed by atoms with E-state index in [9.17, 15) is 0 Å². The van der Waals surface area contributed by atoms with Crippen molar-refractivity contribution in [1.82, 2.24) is 0 Å². The lowest BCUT2D eigenvalue weighted by molar-refractivity contribution is 0.00578. The van der Waals surface area contributed by atoms with Crippen molar-refractivity contribution in [2.45, 2.75) is 51.8 Å². The number of hydrogen-bond acceptors (Lipinski definition) is 3. The predicted molar refractivity (Wildman–Crippen MR) is 49.7 cm³/mol. The van der Waals surface area contributed by atoms with Gasteiger partial charge in [-0.05, 0) is 27.7 Å². The summed E-state index contributed by atoms with van der Waals surface area (Å²) in [4.78, 5) is 0. The smallest absolute Gasteiger partial charge is 0.402 e. The first-order chi connectivity index (χ1) is 5.26. The van der Waals surface area contributed by atoms with Crippen molar-refractivity contribution in [3.63, 3.8) is 0 Å². The Balaban J connectivity index is 2.74. The quantitative estimate of drug-likeness (QED) is 0.597. The van der Waals surface area contributed by atoms with Gasteiger partial charge < -0.3 is 15.0 Å². The second-order valence-corrected chi connectivity index (χ2v) is 4.48. The van der Waals surface area contributed by atoms with Crippen LogP contribution in [-0.4, -0.2) is 24.3 Å². The summed E-state index contributed by atoms with van der Waals surface area (Å²) >= 11 is 0. The standard InChI is InChI=1S/C8H18BNO2/c1-6(10)9-11-7(2,3)8(4,5)12-9/h6H,10H2,1-5H3/t6-/m0/s1. The Morgan fingerprint density at radius 3 is 1.58 bits per heavy atom. The van der Waals surface area contributed by atoms with Gasteiger partial charge in [-0.1, -0.05) is 6.92 Å². The third kappa shape index (κ3) is 1.51. The SMILES string of the molecule is C[C@H](N)B1OC(C)(C)C(C)(C)O1. The molecular weight excluding hydrogens is 153 g/mol. The Labute approximate surface area is 74.7 Å². The molecule has 0 unspecified atom stereocenters. The molecule has 1 saturated heterocycles. The van der Waals surface area contributed by atoms with E-state index in [1.165, 1.54) is 0 Å². The van der Waals surface area contributed by atoms with Crippen LogP contribution >= 0.6 is 0 Å². The molecule has 1 rings (SSSR count). The van der Waals surface area contributed by atoms with Gasteiger partial charge in [-0.15, -0.1) is 0 Å². The maximum absolute atomic E-state index is 5.69. The average molecular weight is 171 g/mol. The van der Waals surface area contributed by atoms with Crippen LogP contribution in [0.25, 0.3) is 0 Å². The molecule has 1 aliphatic heterocycles. The molecule has 2 N–H and O–H groups in total. The molecule has 4 heteroatoms. The fourth-order valence-corrected chi connectivity index (χ4v) is 1.10. The van der Waals surface area contributed by atoms with Gasteiger partial charge in [0.1, 0.15) is 0 Å². The van der Waals surface area contributed by atoms with Crippen molar-refractivity contribution in [2.75, 3.05) is 0 Å². The minimum atomic E-state index is -0.269. The van der Waals surface area contributed by atoms with E-state index in [1.807, 2.05) is 34.6 Å². The molecule has 0 bridgehead atoms. The Morgan fingerprint density at radius 1 is 1.08 bits per heavy atom. The zero-order valence-electron chi connectivity index (χ0n) is 8.55. The van der Waals surface area contributed by atoms with Crippen molar-refractivity contribution in [3.05, 3.63) is 0 Å². The predicted octanol–water partition coefficient (Wildman–Crippen LogP) is 0.965. The van der Waals surface area contributed by atoms with E-state index in [0.717, 1.165) is 0 Å². The van der Waals surface area contributed by atoms with E-state index in [-0.39, 0.29) is 24.3 Å². The minimum absolute atomic E-state index is 0.0777. The largest absolute Gasteiger partial charge is 0.475 e. The fraction of sp³-hybridized carbons (Fsp3) is 1.00. The highest BCUT2D eigenvalue weighted by Crippen LogP contribution is 2.36. The summed E-state index contributed by atoms with van der Waals surface area (Å²) in [6.07, 6.45) is 0. The van der Waals surface area contributed by atoms with Crippen LogP contribution in [0.5, 0.6) is 0 Å². The molecule has 0 aliphatic carbocycles. The van der Waals surface area contributed by atoms with Gasteiger partial charge in [0.15, 0.2) is 0 Å². The molecule has 0 radical (unpaired) electrons. The maximum atomic E-state index is 5.69. The lowest BCUT2D eigenvalue weighted by Crippen LogP contribution is -2.41. The second kappa shape index (κ2) is 2.72. The van der Waals surface area contributed by atoms with E-state index in [2.05, 4.69) is 0 Å². The highest BCUT2D eigenvalue weighted by atomic mass is 16.7. The van der Waals surface area contributed by atoms with E-state index >= 15 is 0 Å². The number of hydrogen-bond donors (Lipinski definition) is 1. The first kappa shape index (κ1) is 10.0. The summed E-state index contributed by atoms with van der Waals surface area (Å²) < 4.78 is 11.4. The van der Waals surface area contributed by atoms with Crippen LogP contribution in [0.1, 0.15) is 34.6 Å². The highest BCUT2D eigenvalue weighted by Gasteiger charge is 2.52. The van der Waals surface area contributed by atoms with Crippen molar-refractivity contribution in [1.29, 1.82) is 0 Å². The molecule has 0 spiro atoms. The molecular formula is C8H18BNO2. The Bertz CT molecular complexity index is 164. The fourth-order valence-electron chi connectivity index (χ4n) is 1.10. The van der Waals surface area contributed by atoms with Gasteiger partial charge in [0.25, 0.3) is 0 Å². The summed E-state index contributed by atoms with van der Waals surface area (Å²) in [5, 5.41) is 0. The zero-order valence-corrected chi connectivity index (χ0v) is 8.55. The second-order valence-electron chi connectivity index (χ2n) is 4.48. The molecule has 1 fully saturated rings. The topological polar surface area (TPSA) is 44.5 Å². The molecule has 0 aromatic heterocycles. The zero-order chi connectivity index (χ0) is 9.57. The van der Waals surface area contributed by atoms with Crippen molar-refractivity contribution in [2.24, 2.45) is 5.73 Å². The van der Waals surface area contributed by atoms with Crippen LogP contribution in [0.3, 0.4) is 0 Å². The molecule has 1 aliphatic rings. The lowest BCUT2D eigenvalue weighted by atomic mass is 9.81. The van der Waals surface area contributed by atoms with Gasteiger partial charge in [0.05, 0.1) is 11.2 Å². The monoisotopic (exact) mass is 171 g/mol. The summed E-state index contributed by atoms with van der Waals surface area (Å²) in [6, 6.07) is 0. The average Bonchev–Trinajstić information content (AvgIpc) is 2.03. The molecule has 0 aromatic carbocycles. The van der Waals surface area contributed by atoms with Crippen LogP contribution in [0, 0.1) is 0 Å². The van der Waals surface area contributed by atoms with E-state index in [4.69, 9.17) is 15.0 Å². The Morgan fingerprint density at radius 2 is 1.42 bits per heavy atom. The first-order valence-electron chi connectivity index (χ1n) is 4.37. The van der Waals surface area contributed by atoms with Gasteiger partial charge >= 0.3 is 7.12 Å². The molecule has 12 heavy (non-hydrogen) atoms. The summed E-state index contributed by atoms with van der Waals surface area (Å²) in [5.41, 5.74) is 5.17. The van der Waals surface area contributed by atoms with E-state index in [1.54, 1.807) is 0 Å². The molecule has 70 valence electrons. The van der Waals surface area contributed by atoms with Crippen LogP contribution < -0.4 is 5.73 Å². The summed E-state index contributed by atoms with van der Waals surface area (Å²) in [6.45, 7) is 9.98. The third-order valence-corrected chi connectivity index (χ3v) is 2.70. The van der Waals surface area contributed by atoms with Gasteiger partial charge in [-0.3, -0.25) is 0 Å². The van der Waals surface area contributed by atoms with Crippen molar-refractivity contribution < 1.29 is 9.31 Å². The van der Waals surface area contributed by atoms with Crippen LogP contribution in [-0.2, 0) is 9.31 Å². The highest BCUT2D eigenvalue weighted by molar-refractivity contribution is 6.47. The van der Waals surface area contributed by atoms with E-state index < -0.39 is 0 Å². The maximum Gasteiger partial charge on any atom is 0.475 e. The first-order valence-corrected chi connectivity index (χ1v) is 4.37. The van der Waals surface area contributed by atoms with Crippen LogP contribution in [0.4, 0.5) is 0 Å². The number of rotatable bonds is 1. The van der Waals surface area contributed by atoms with Crippen molar-refractivity contribution in [3.8, 4) is 0 Å². The third-order valence-electron chi connectivity index (χ3n) is 2.70. The molecule has 0 saturated carbocycles. The lowest BCUT2D eigenvalue weighted by Gasteiger charge is -2.32. The summed E-state index contributed by atoms with van der Waals surface area (Å²) in [7, 11) is -0.269. The molecule has 1 heterocycles. The van der Waals surface area contributed by atoms with Gasteiger partial charge in [0, 0.05) is 5.94 Å². The molecule has 0 amide bonds. The molecule has 0 aromatic rings. The molecule has 3 nitrogen and oxygen atoms in total. The minimum Gasteiger partial charge on any atom is -0.402 e. The normalized spacial score (nSPS) is 29.0. The van der Waals surface area contributed by atoms with Crippen LogP contribution in [0.2, 0.25) is 0 Å². The van der Waals surface area contributed by atoms with Crippen LogP contribution in [0.15, 0.2) is 0 Å². The Kier molecular flexibility index (Phi) is 2.27. The Hall–Kier alpha value is -0.0551. The van der Waals surface area contributed by atoms with Gasteiger partial charge in [-0.25, -0.2) is 0 Å². The van der Waals surface area contributed by atoms with Gasteiger partial charge in [0.2, 0.25) is 0 Å². The number of nitrogens with two attached hydrogens (primary N) is 1. The summed E-state index contributed by atoms with van der Waals surface area (Å²) in [5.74, 6) is -0.0777. The van der Waals surface area contributed by atoms with E-state index in [0.29, 0.717) is 0 Å². The van der Waals surface area contributed by atoms with Crippen molar-refractivity contribution >= 4 is 7.12 Å².